The van der Waals surface area contributed by atoms with E-state index in [2.05, 4.69) is 9.97 Å². The summed E-state index contributed by atoms with van der Waals surface area (Å²) in [6.45, 7) is 0.454. The highest BCUT2D eigenvalue weighted by atomic mass is 35.5. The molecular weight excluding hydrogens is 400 g/mol. The average molecular weight is 415 g/mol. The summed E-state index contributed by atoms with van der Waals surface area (Å²) in [4.78, 5) is 17.9. The molecule has 0 aliphatic rings. The summed E-state index contributed by atoms with van der Waals surface area (Å²) in [6, 6.07) is 16.9. The van der Waals surface area contributed by atoms with Gasteiger partial charge in [0.05, 0.1) is 11.2 Å². The van der Waals surface area contributed by atoms with Crippen LogP contribution in [-0.2, 0) is 6.61 Å². The van der Waals surface area contributed by atoms with Gasteiger partial charge in [0, 0.05) is 9.92 Å². The van der Waals surface area contributed by atoms with Gasteiger partial charge in [-0.2, -0.15) is 0 Å². The van der Waals surface area contributed by atoms with Crippen LogP contribution in [0.3, 0.4) is 0 Å². The number of H-pyrrole nitrogens is 2. The summed E-state index contributed by atoms with van der Waals surface area (Å²) in [5.41, 5.74) is 0.758. The van der Waals surface area contributed by atoms with Crippen molar-refractivity contribution in [2.24, 2.45) is 0 Å². The second-order valence-electron chi connectivity index (χ2n) is 5.91. The van der Waals surface area contributed by atoms with E-state index < -0.39 is 5.69 Å². The number of halogens is 1. The SMILES string of the molecule is O=c1[nH]c(O)c(-c2occc2Sc2ccc(OCc3ccc(Cl)cc3)cc2)[nH]1. The van der Waals surface area contributed by atoms with Crippen molar-refractivity contribution in [1.29, 1.82) is 0 Å². The first-order valence-electron chi connectivity index (χ1n) is 8.33. The lowest BCUT2D eigenvalue weighted by molar-refractivity contribution is 0.306. The summed E-state index contributed by atoms with van der Waals surface area (Å²) in [5.74, 6) is 0.885. The molecule has 0 saturated heterocycles. The van der Waals surface area contributed by atoms with Crippen LogP contribution in [0.4, 0.5) is 0 Å². The highest BCUT2D eigenvalue weighted by Crippen LogP contribution is 2.38. The Morgan fingerprint density at radius 1 is 1.04 bits per heavy atom. The Morgan fingerprint density at radius 3 is 2.46 bits per heavy atom. The van der Waals surface area contributed by atoms with E-state index in [1.807, 2.05) is 48.5 Å². The number of furan rings is 1. The number of imidazole rings is 1. The van der Waals surface area contributed by atoms with Crippen molar-refractivity contribution in [3.8, 4) is 23.1 Å². The molecule has 8 heteroatoms. The molecule has 6 nitrogen and oxygen atoms in total. The van der Waals surface area contributed by atoms with Crippen molar-refractivity contribution in [2.45, 2.75) is 16.4 Å². The minimum absolute atomic E-state index is 0.223. The van der Waals surface area contributed by atoms with Crippen molar-refractivity contribution in [3.05, 3.63) is 81.9 Å². The van der Waals surface area contributed by atoms with Crippen LogP contribution in [0.25, 0.3) is 11.5 Å². The molecule has 2 aromatic carbocycles. The Balaban J connectivity index is 1.44. The number of hydrogen-bond donors (Lipinski definition) is 3. The first kappa shape index (κ1) is 18.3. The fourth-order valence-corrected chi connectivity index (χ4v) is 3.60. The van der Waals surface area contributed by atoms with Gasteiger partial charge in [-0.25, -0.2) is 4.79 Å². The summed E-state index contributed by atoms with van der Waals surface area (Å²) in [6.07, 6.45) is 1.51. The van der Waals surface area contributed by atoms with Gasteiger partial charge in [0.15, 0.2) is 5.76 Å². The number of aromatic amines is 2. The lowest BCUT2D eigenvalue weighted by atomic mass is 10.2. The van der Waals surface area contributed by atoms with Crippen molar-refractivity contribution < 1.29 is 14.3 Å². The first-order chi connectivity index (χ1) is 13.6. The summed E-state index contributed by atoms with van der Waals surface area (Å²) in [5, 5.41) is 10.5. The third-order valence-corrected chi connectivity index (χ3v) is 5.23. The number of rotatable bonds is 6. The van der Waals surface area contributed by atoms with Gasteiger partial charge in [-0.1, -0.05) is 35.5 Å². The van der Waals surface area contributed by atoms with Crippen LogP contribution in [0, 0.1) is 0 Å². The monoisotopic (exact) mass is 414 g/mol. The number of aromatic nitrogens is 2. The molecule has 142 valence electrons. The van der Waals surface area contributed by atoms with E-state index in [-0.39, 0.29) is 11.6 Å². The topological polar surface area (TPSA) is 91.2 Å². The van der Waals surface area contributed by atoms with E-state index >= 15 is 0 Å². The molecule has 3 N–H and O–H groups in total. The van der Waals surface area contributed by atoms with Gasteiger partial charge in [0.1, 0.15) is 18.1 Å². The van der Waals surface area contributed by atoms with Gasteiger partial charge in [-0.3, -0.25) is 9.97 Å². The zero-order valence-electron chi connectivity index (χ0n) is 14.4. The van der Waals surface area contributed by atoms with Crippen molar-refractivity contribution >= 4 is 23.4 Å². The molecule has 2 heterocycles. The standard InChI is InChI=1S/C20H15ClN2O4S/c21-13-3-1-12(2-4-13)11-27-14-5-7-15(8-6-14)28-16-9-10-26-18(16)17-19(24)23-20(25)22-17/h1-10,24H,11H2,(H2,22,23,25). The maximum atomic E-state index is 11.4. The zero-order valence-corrected chi connectivity index (χ0v) is 16.0. The molecule has 4 aromatic rings. The van der Waals surface area contributed by atoms with E-state index in [0.29, 0.717) is 17.4 Å². The Kier molecular flexibility index (Phi) is 5.18. The second-order valence-corrected chi connectivity index (χ2v) is 7.46. The Bertz CT molecular complexity index is 1130. The highest BCUT2D eigenvalue weighted by Gasteiger charge is 2.17. The Hall–Kier alpha value is -3.03. The van der Waals surface area contributed by atoms with Crippen LogP contribution in [0.15, 0.2) is 79.9 Å². The Labute approximate surface area is 169 Å². The molecule has 0 unspecified atom stereocenters. The van der Waals surface area contributed by atoms with Gasteiger partial charge < -0.3 is 14.3 Å². The lowest BCUT2D eigenvalue weighted by Gasteiger charge is -2.07. The van der Waals surface area contributed by atoms with E-state index in [0.717, 1.165) is 21.1 Å². The van der Waals surface area contributed by atoms with Crippen LogP contribution in [0.1, 0.15) is 5.56 Å². The largest absolute Gasteiger partial charge is 0.493 e. The molecule has 0 aliphatic carbocycles. The number of ether oxygens (including phenoxy) is 1. The number of benzene rings is 2. The number of hydrogen-bond acceptors (Lipinski definition) is 5. The molecule has 0 bridgehead atoms. The van der Waals surface area contributed by atoms with Crippen LogP contribution >= 0.6 is 23.4 Å². The third-order valence-electron chi connectivity index (χ3n) is 3.93. The van der Waals surface area contributed by atoms with E-state index in [1.54, 1.807) is 6.07 Å². The minimum Gasteiger partial charge on any atom is -0.493 e. The molecule has 0 amide bonds. The molecule has 0 saturated carbocycles. The van der Waals surface area contributed by atoms with Gasteiger partial charge in [0.25, 0.3) is 0 Å². The van der Waals surface area contributed by atoms with Crippen LogP contribution in [0.2, 0.25) is 5.02 Å². The summed E-state index contributed by atoms with van der Waals surface area (Å²) in [7, 11) is 0. The van der Waals surface area contributed by atoms with Crippen molar-refractivity contribution in [2.75, 3.05) is 0 Å². The molecule has 0 aliphatic heterocycles. The van der Waals surface area contributed by atoms with Crippen LogP contribution in [-0.4, -0.2) is 15.1 Å². The smallest absolute Gasteiger partial charge is 0.326 e. The van der Waals surface area contributed by atoms with Gasteiger partial charge in [-0.15, -0.1) is 0 Å². The lowest BCUT2D eigenvalue weighted by Crippen LogP contribution is -2.00. The molecular formula is C20H15ClN2O4S. The van der Waals surface area contributed by atoms with Gasteiger partial charge in [-0.05, 0) is 48.0 Å². The van der Waals surface area contributed by atoms with Crippen LogP contribution in [0.5, 0.6) is 11.6 Å². The summed E-state index contributed by atoms with van der Waals surface area (Å²) < 4.78 is 11.2. The normalized spacial score (nSPS) is 10.9. The van der Waals surface area contributed by atoms with Crippen molar-refractivity contribution in [1.82, 2.24) is 9.97 Å². The van der Waals surface area contributed by atoms with Gasteiger partial charge >= 0.3 is 5.69 Å². The van der Waals surface area contributed by atoms with Gasteiger partial charge in [0.2, 0.25) is 5.88 Å². The second kappa shape index (κ2) is 7.92. The molecule has 0 spiro atoms. The summed E-state index contributed by atoms with van der Waals surface area (Å²) >= 11 is 7.33. The van der Waals surface area contributed by atoms with Crippen LogP contribution < -0.4 is 10.4 Å². The minimum atomic E-state index is -0.498. The molecule has 0 radical (unpaired) electrons. The highest BCUT2D eigenvalue weighted by molar-refractivity contribution is 7.99. The third kappa shape index (κ3) is 4.11. The first-order valence-corrected chi connectivity index (χ1v) is 9.52. The molecule has 28 heavy (non-hydrogen) atoms. The average Bonchev–Trinajstić information content (AvgIpc) is 3.27. The maximum Gasteiger partial charge on any atom is 0.326 e. The quantitative estimate of drug-likeness (QED) is 0.410. The molecule has 0 atom stereocenters. The molecule has 0 fully saturated rings. The molecule has 2 aromatic heterocycles. The maximum absolute atomic E-state index is 11.4. The fourth-order valence-electron chi connectivity index (χ4n) is 2.58. The fraction of sp³-hybridized carbons (Fsp3) is 0.0500. The Morgan fingerprint density at radius 2 is 1.79 bits per heavy atom. The predicted molar refractivity (Wildman–Crippen MR) is 107 cm³/mol. The zero-order chi connectivity index (χ0) is 19.5. The van der Waals surface area contributed by atoms with Crippen molar-refractivity contribution in [3.63, 3.8) is 0 Å². The number of nitrogens with one attached hydrogen (secondary N) is 2. The molecule has 4 rings (SSSR count). The van der Waals surface area contributed by atoms with E-state index in [9.17, 15) is 9.90 Å². The predicted octanol–water partition coefficient (Wildman–Crippen LogP) is 5.05. The van der Waals surface area contributed by atoms with E-state index in [4.69, 9.17) is 20.8 Å². The van der Waals surface area contributed by atoms with E-state index in [1.165, 1.54) is 18.0 Å². The number of aromatic hydroxyl groups is 1.